The van der Waals surface area contributed by atoms with Gasteiger partial charge in [0.05, 0.1) is 4.90 Å². The maximum atomic E-state index is 12.9. The van der Waals surface area contributed by atoms with Crippen molar-refractivity contribution in [1.82, 2.24) is 4.31 Å². The summed E-state index contributed by atoms with van der Waals surface area (Å²) in [6, 6.07) is 15.4. The van der Waals surface area contributed by atoms with Crippen LogP contribution in [-0.4, -0.2) is 24.5 Å². The molecule has 0 saturated heterocycles. The monoisotopic (exact) mass is 331 g/mol. The number of hydrogen-bond acceptors (Lipinski definition) is 3. The van der Waals surface area contributed by atoms with Crippen LogP contribution in [0.1, 0.15) is 36.7 Å². The number of carbonyl (C=O) groups excluding carboxylic acids is 1. The van der Waals surface area contributed by atoms with E-state index in [0.717, 1.165) is 5.56 Å². The van der Waals surface area contributed by atoms with Crippen LogP contribution in [0.4, 0.5) is 0 Å². The highest BCUT2D eigenvalue weighted by molar-refractivity contribution is 7.89. The van der Waals surface area contributed by atoms with Crippen molar-refractivity contribution in [2.24, 2.45) is 0 Å². The van der Waals surface area contributed by atoms with E-state index >= 15 is 0 Å². The molecule has 0 aliphatic heterocycles. The van der Waals surface area contributed by atoms with Gasteiger partial charge in [-0.2, -0.15) is 4.31 Å². The van der Waals surface area contributed by atoms with E-state index in [2.05, 4.69) is 0 Å². The molecule has 0 atom stereocenters. The Morgan fingerprint density at radius 1 is 1.00 bits per heavy atom. The summed E-state index contributed by atoms with van der Waals surface area (Å²) in [6.07, 6.45) is 0. The molecule has 0 N–H and O–H groups in total. The largest absolute Gasteiger partial charge is 0.295 e. The van der Waals surface area contributed by atoms with Crippen molar-refractivity contribution in [3.8, 4) is 0 Å². The molecule has 2 aromatic carbocycles. The Kier molecular flexibility index (Phi) is 5.34. The van der Waals surface area contributed by atoms with E-state index in [9.17, 15) is 13.2 Å². The van der Waals surface area contributed by atoms with Gasteiger partial charge in [-0.3, -0.25) is 4.79 Å². The number of rotatable bonds is 6. The third-order valence-electron chi connectivity index (χ3n) is 3.62. The first-order valence-electron chi connectivity index (χ1n) is 7.49. The third kappa shape index (κ3) is 4.06. The molecule has 2 rings (SSSR count). The van der Waals surface area contributed by atoms with Gasteiger partial charge in [-0.1, -0.05) is 42.5 Å². The average Bonchev–Trinajstić information content (AvgIpc) is 2.53. The second-order valence-electron chi connectivity index (χ2n) is 5.71. The van der Waals surface area contributed by atoms with Crippen molar-refractivity contribution in [3.05, 3.63) is 65.7 Å². The highest BCUT2D eigenvalue weighted by atomic mass is 32.2. The van der Waals surface area contributed by atoms with Gasteiger partial charge in [0.2, 0.25) is 10.0 Å². The van der Waals surface area contributed by atoms with Gasteiger partial charge in [-0.15, -0.1) is 0 Å². The highest BCUT2D eigenvalue weighted by Gasteiger charge is 2.27. The van der Waals surface area contributed by atoms with Gasteiger partial charge in [0.15, 0.2) is 5.78 Å². The van der Waals surface area contributed by atoms with E-state index in [-0.39, 0.29) is 16.7 Å². The SMILES string of the molecule is CC(=O)c1ccc(S(=O)(=O)N(Cc2ccccc2)C(C)C)cc1. The van der Waals surface area contributed by atoms with E-state index in [1.807, 2.05) is 44.2 Å². The number of hydrogen-bond donors (Lipinski definition) is 0. The molecule has 4 nitrogen and oxygen atoms in total. The molecule has 0 unspecified atom stereocenters. The Morgan fingerprint density at radius 2 is 1.57 bits per heavy atom. The lowest BCUT2D eigenvalue weighted by Crippen LogP contribution is -2.36. The summed E-state index contributed by atoms with van der Waals surface area (Å²) in [5.41, 5.74) is 1.44. The molecule has 0 spiro atoms. The topological polar surface area (TPSA) is 54.5 Å². The van der Waals surface area contributed by atoms with Crippen molar-refractivity contribution in [2.75, 3.05) is 0 Å². The Morgan fingerprint density at radius 3 is 2.04 bits per heavy atom. The Bertz CT molecular complexity index is 766. The third-order valence-corrected chi connectivity index (χ3v) is 5.66. The molecule has 5 heteroatoms. The van der Waals surface area contributed by atoms with Crippen LogP contribution >= 0.6 is 0 Å². The number of Topliss-reactive ketones (excluding diaryl/α,β-unsaturated/α-hetero) is 1. The standard InChI is InChI=1S/C18H21NO3S/c1-14(2)19(13-16-7-5-4-6-8-16)23(21,22)18-11-9-17(10-12-18)15(3)20/h4-12,14H,13H2,1-3H3. The molecule has 122 valence electrons. The molecule has 23 heavy (non-hydrogen) atoms. The zero-order chi connectivity index (χ0) is 17.0. The predicted octanol–water partition coefficient (Wildman–Crippen LogP) is 3.49. The van der Waals surface area contributed by atoms with Gasteiger partial charge in [0.1, 0.15) is 0 Å². The molecular weight excluding hydrogens is 310 g/mol. The fourth-order valence-electron chi connectivity index (χ4n) is 2.31. The molecular formula is C18H21NO3S. The van der Waals surface area contributed by atoms with Crippen molar-refractivity contribution >= 4 is 15.8 Å². The smallest absolute Gasteiger partial charge is 0.243 e. The number of nitrogens with zero attached hydrogens (tertiary/aromatic N) is 1. The fourth-order valence-corrected chi connectivity index (χ4v) is 3.93. The molecule has 0 aromatic heterocycles. The van der Waals surface area contributed by atoms with Crippen molar-refractivity contribution in [3.63, 3.8) is 0 Å². The normalized spacial score (nSPS) is 11.9. The minimum Gasteiger partial charge on any atom is -0.295 e. The Labute approximate surface area is 137 Å². The lowest BCUT2D eigenvalue weighted by Gasteiger charge is -2.26. The van der Waals surface area contributed by atoms with Gasteiger partial charge in [0, 0.05) is 18.2 Å². The van der Waals surface area contributed by atoms with Crippen LogP contribution < -0.4 is 0 Å². The molecule has 2 aromatic rings. The summed E-state index contributed by atoms with van der Waals surface area (Å²) in [4.78, 5) is 11.5. The van der Waals surface area contributed by atoms with Gasteiger partial charge in [-0.05, 0) is 38.5 Å². The van der Waals surface area contributed by atoms with E-state index in [1.54, 1.807) is 12.1 Å². The second-order valence-corrected chi connectivity index (χ2v) is 7.60. The Balaban J connectivity index is 2.35. The molecule has 0 aliphatic rings. The number of benzene rings is 2. The minimum atomic E-state index is -3.62. The second kappa shape index (κ2) is 7.06. The van der Waals surface area contributed by atoms with Crippen LogP contribution in [0.25, 0.3) is 0 Å². The number of sulfonamides is 1. The van der Waals surface area contributed by atoms with Gasteiger partial charge < -0.3 is 0 Å². The summed E-state index contributed by atoms with van der Waals surface area (Å²) in [5.74, 6) is -0.0843. The van der Waals surface area contributed by atoms with Crippen LogP contribution in [0.3, 0.4) is 0 Å². The fraction of sp³-hybridized carbons (Fsp3) is 0.278. The zero-order valence-electron chi connectivity index (χ0n) is 13.6. The maximum Gasteiger partial charge on any atom is 0.243 e. The van der Waals surface area contributed by atoms with E-state index < -0.39 is 10.0 Å². The number of carbonyl (C=O) groups is 1. The van der Waals surface area contributed by atoms with Crippen molar-refractivity contribution in [1.29, 1.82) is 0 Å². The van der Waals surface area contributed by atoms with Crippen molar-refractivity contribution < 1.29 is 13.2 Å². The van der Waals surface area contributed by atoms with Crippen LogP contribution in [0.15, 0.2) is 59.5 Å². The molecule has 0 amide bonds. The summed E-state index contributed by atoms with van der Waals surface area (Å²) >= 11 is 0. The summed E-state index contributed by atoms with van der Waals surface area (Å²) < 4.78 is 27.3. The lowest BCUT2D eigenvalue weighted by molar-refractivity contribution is 0.101. The van der Waals surface area contributed by atoms with Crippen LogP contribution in [0.5, 0.6) is 0 Å². The molecule has 0 radical (unpaired) electrons. The Hall–Kier alpha value is -1.98. The van der Waals surface area contributed by atoms with Crippen LogP contribution in [-0.2, 0) is 16.6 Å². The van der Waals surface area contributed by atoms with Gasteiger partial charge in [-0.25, -0.2) is 8.42 Å². The zero-order valence-corrected chi connectivity index (χ0v) is 14.4. The quantitative estimate of drug-likeness (QED) is 0.761. The summed E-state index contributed by atoms with van der Waals surface area (Å²) in [6.45, 7) is 5.48. The summed E-state index contributed by atoms with van der Waals surface area (Å²) in [5, 5.41) is 0. The first kappa shape index (κ1) is 17.4. The molecule has 0 aliphatic carbocycles. The van der Waals surface area contributed by atoms with Crippen LogP contribution in [0.2, 0.25) is 0 Å². The van der Waals surface area contributed by atoms with Crippen LogP contribution in [0, 0.1) is 0 Å². The highest BCUT2D eigenvalue weighted by Crippen LogP contribution is 2.21. The van der Waals surface area contributed by atoms with E-state index in [4.69, 9.17) is 0 Å². The first-order valence-corrected chi connectivity index (χ1v) is 8.93. The average molecular weight is 331 g/mol. The van der Waals surface area contributed by atoms with E-state index in [0.29, 0.717) is 12.1 Å². The summed E-state index contributed by atoms with van der Waals surface area (Å²) in [7, 11) is -3.62. The molecule has 0 bridgehead atoms. The van der Waals surface area contributed by atoms with E-state index in [1.165, 1.54) is 23.4 Å². The van der Waals surface area contributed by atoms with Gasteiger partial charge >= 0.3 is 0 Å². The minimum absolute atomic E-state index is 0.0843. The molecule has 0 fully saturated rings. The first-order chi connectivity index (χ1) is 10.8. The maximum absolute atomic E-state index is 12.9. The lowest BCUT2D eigenvalue weighted by atomic mass is 10.2. The predicted molar refractivity (Wildman–Crippen MR) is 90.8 cm³/mol. The molecule has 0 saturated carbocycles. The van der Waals surface area contributed by atoms with Gasteiger partial charge in [0.25, 0.3) is 0 Å². The number of ketones is 1. The molecule has 0 heterocycles. The van der Waals surface area contributed by atoms with Crippen molar-refractivity contribution in [2.45, 2.75) is 38.3 Å².